The quantitative estimate of drug-likeness (QED) is 0.0741. The van der Waals surface area contributed by atoms with Gasteiger partial charge in [-0.15, -0.1) is 0 Å². The molecule has 0 saturated carbocycles. The smallest absolute Gasteiger partial charge is 0.358 e. The van der Waals surface area contributed by atoms with E-state index >= 15 is 0 Å². The first-order valence-corrected chi connectivity index (χ1v) is 16.4. The number of allylic oxidation sites excluding steroid dienone is 1. The fourth-order valence-corrected chi connectivity index (χ4v) is 8.48. The molecule has 4 aromatic rings. The van der Waals surface area contributed by atoms with Crippen LogP contribution in [0.3, 0.4) is 0 Å². The van der Waals surface area contributed by atoms with E-state index in [4.69, 9.17) is 9.26 Å². The first-order chi connectivity index (χ1) is 20.9. The molecule has 0 N–H and O–H groups in total. The largest absolute Gasteiger partial charge is 0.456 e. The van der Waals surface area contributed by atoms with E-state index < -0.39 is 24.8 Å². The maximum absolute atomic E-state index is 14.7. The van der Waals surface area contributed by atoms with Gasteiger partial charge in [0.05, 0.1) is 15.7 Å². The monoisotopic (exact) mass is 608 g/mol. The van der Waals surface area contributed by atoms with Gasteiger partial charge in [0.25, 0.3) is 5.91 Å². The Kier molecular flexibility index (Phi) is 8.32. The number of thioether (sulfide) groups is 1. The number of β-lactam (4-membered cyclic amide) rings is 1. The second kappa shape index (κ2) is 12.5. The van der Waals surface area contributed by atoms with Gasteiger partial charge in [-0.25, -0.2) is 4.79 Å². The Hall–Kier alpha value is -4.39. The molecule has 9 heteroatoms. The molecule has 1 saturated heterocycles. The molecule has 2 aliphatic rings. The van der Waals surface area contributed by atoms with E-state index in [9.17, 15) is 14.2 Å². The molecule has 2 heterocycles. The van der Waals surface area contributed by atoms with Crippen molar-refractivity contribution < 1.29 is 23.4 Å². The van der Waals surface area contributed by atoms with Crippen molar-refractivity contribution >= 4 is 46.7 Å². The predicted octanol–water partition coefficient (Wildman–Crippen LogP) is 5.83. The van der Waals surface area contributed by atoms with Crippen molar-refractivity contribution in [1.29, 1.82) is 0 Å². The highest BCUT2D eigenvalue weighted by Gasteiger charge is 2.55. The summed E-state index contributed by atoms with van der Waals surface area (Å²) in [5.74, 6) is -1.03. The Balaban J connectivity index is 1.34. The molecule has 2 unspecified atom stereocenters. The van der Waals surface area contributed by atoms with Crippen LogP contribution in [-0.4, -0.2) is 33.2 Å². The van der Waals surface area contributed by atoms with Crippen molar-refractivity contribution in [3.63, 3.8) is 0 Å². The topological polar surface area (TPSA) is 85.3 Å². The minimum atomic E-state index is -3.72. The van der Waals surface area contributed by atoms with Crippen molar-refractivity contribution in [2.24, 2.45) is 4.99 Å². The third-order valence-corrected chi connectivity index (χ3v) is 10.9. The highest BCUT2D eigenvalue weighted by molar-refractivity contribution is 8.14. The first-order valence-electron chi connectivity index (χ1n) is 13.9. The molecule has 6 rings (SSSR count). The zero-order valence-electron chi connectivity index (χ0n) is 23.4. The normalized spacial score (nSPS) is 18.2. The SMILES string of the molecule is CC(OP(=O)(c1ccccc1)c1ccccc1)=C(C(=O)OCc1ccccc1)N1C(=O)C2N=C(Cc3ccccc3)SC21. The summed E-state index contributed by atoms with van der Waals surface area (Å²) in [6.45, 7) is 1.56. The average Bonchev–Trinajstić information content (AvgIpc) is 3.42. The molecule has 0 bridgehead atoms. The number of ether oxygens (including phenoxy) is 1. The minimum absolute atomic E-state index is 0.00447. The molecule has 43 heavy (non-hydrogen) atoms. The number of aliphatic imine (C=N–C) groups is 1. The standard InChI is InChI=1S/C34H29N2O5PS/c1-24(41-42(39,27-18-10-4-11-19-27)28-20-12-5-13-21-28)31(34(38)40-23-26-16-8-3-9-17-26)36-32(37)30-33(36)43-29(35-30)22-25-14-6-2-7-15-25/h2-21,30,33H,22-23H2,1H3. The molecular formula is C34H29N2O5PS. The number of esters is 1. The van der Waals surface area contributed by atoms with Crippen LogP contribution in [0, 0.1) is 0 Å². The summed E-state index contributed by atoms with van der Waals surface area (Å²) >= 11 is 1.44. The summed E-state index contributed by atoms with van der Waals surface area (Å²) in [7, 11) is -3.72. The lowest BCUT2D eigenvalue weighted by atomic mass is 10.1. The molecule has 0 radical (unpaired) electrons. The van der Waals surface area contributed by atoms with Crippen molar-refractivity contribution in [1.82, 2.24) is 4.90 Å². The van der Waals surface area contributed by atoms with E-state index in [-0.39, 0.29) is 24.0 Å². The van der Waals surface area contributed by atoms with Gasteiger partial charge in [0, 0.05) is 6.42 Å². The zero-order valence-corrected chi connectivity index (χ0v) is 25.1. The van der Waals surface area contributed by atoms with Gasteiger partial charge < -0.3 is 9.26 Å². The van der Waals surface area contributed by atoms with Crippen LogP contribution in [0.15, 0.2) is 138 Å². The number of benzene rings is 4. The van der Waals surface area contributed by atoms with E-state index in [1.165, 1.54) is 16.7 Å². The molecule has 0 spiro atoms. The lowest BCUT2D eigenvalue weighted by Crippen LogP contribution is -2.61. The van der Waals surface area contributed by atoms with Crippen molar-refractivity contribution in [2.45, 2.75) is 31.4 Å². The number of amides is 1. The van der Waals surface area contributed by atoms with Crippen molar-refractivity contribution in [2.75, 3.05) is 0 Å². The second-order valence-electron chi connectivity index (χ2n) is 10.1. The molecule has 0 aromatic heterocycles. The van der Waals surface area contributed by atoms with Crippen LogP contribution in [0.2, 0.25) is 0 Å². The summed E-state index contributed by atoms with van der Waals surface area (Å²) in [6.07, 6.45) is 0.587. The van der Waals surface area contributed by atoms with E-state index in [0.29, 0.717) is 17.0 Å². The van der Waals surface area contributed by atoms with E-state index in [1.807, 2.05) is 72.8 Å². The van der Waals surface area contributed by atoms with E-state index in [0.717, 1.165) is 16.2 Å². The molecule has 7 nitrogen and oxygen atoms in total. The summed E-state index contributed by atoms with van der Waals surface area (Å²) in [6, 6.07) is 36.3. The Morgan fingerprint density at radius 1 is 0.814 bits per heavy atom. The zero-order chi connectivity index (χ0) is 29.8. The maximum Gasteiger partial charge on any atom is 0.358 e. The predicted molar refractivity (Wildman–Crippen MR) is 169 cm³/mol. The summed E-state index contributed by atoms with van der Waals surface area (Å²) in [5.41, 5.74) is 1.81. The van der Waals surface area contributed by atoms with Crippen LogP contribution in [0.4, 0.5) is 0 Å². The number of carbonyl (C=O) groups excluding carboxylic acids is 2. The number of rotatable bonds is 10. The number of nitrogens with zero attached hydrogens (tertiary/aromatic N) is 2. The summed E-state index contributed by atoms with van der Waals surface area (Å²) in [4.78, 5) is 33.3. The summed E-state index contributed by atoms with van der Waals surface area (Å²) < 4.78 is 26.7. The van der Waals surface area contributed by atoms with E-state index in [1.54, 1.807) is 55.5 Å². The number of hydrogen-bond acceptors (Lipinski definition) is 7. The van der Waals surface area contributed by atoms with Crippen LogP contribution in [-0.2, 0) is 36.4 Å². The highest BCUT2D eigenvalue weighted by Crippen LogP contribution is 2.49. The van der Waals surface area contributed by atoms with Gasteiger partial charge >= 0.3 is 13.3 Å². The van der Waals surface area contributed by atoms with Crippen LogP contribution in [0.1, 0.15) is 18.1 Å². The summed E-state index contributed by atoms with van der Waals surface area (Å²) in [5, 5.41) is 1.31. The third kappa shape index (κ3) is 5.94. The molecule has 2 atom stereocenters. The maximum atomic E-state index is 14.7. The van der Waals surface area contributed by atoms with Crippen LogP contribution in [0.5, 0.6) is 0 Å². The van der Waals surface area contributed by atoms with Gasteiger partial charge in [0.15, 0.2) is 11.7 Å². The number of hydrogen-bond donors (Lipinski definition) is 0. The van der Waals surface area contributed by atoms with Crippen LogP contribution >= 0.6 is 19.1 Å². The fraction of sp³-hybridized carbons (Fsp3) is 0.147. The minimum Gasteiger partial charge on any atom is -0.456 e. The van der Waals surface area contributed by atoms with Crippen LogP contribution in [0.25, 0.3) is 0 Å². The molecule has 0 aliphatic carbocycles. The molecule has 1 amide bonds. The van der Waals surface area contributed by atoms with Gasteiger partial charge in [-0.05, 0) is 42.3 Å². The highest BCUT2D eigenvalue weighted by atomic mass is 32.2. The van der Waals surface area contributed by atoms with Crippen LogP contribution < -0.4 is 10.6 Å². The molecular weight excluding hydrogens is 579 g/mol. The lowest BCUT2D eigenvalue weighted by molar-refractivity contribution is -0.151. The van der Waals surface area contributed by atoms with Crippen molar-refractivity contribution in [3.8, 4) is 0 Å². The molecule has 4 aromatic carbocycles. The Labute approximate surface area is 254 Å². The fourth-order valence-electron chi connectivity index (χ4n) is 5.05. The third-order valence-electron chi connectivity index (χ3n) is 7.19. The molecule has 216 valence electrons. The van der Waals surface area contributed by atoms with Crippen molar-refractivity contribution in [3.05, 3.63) is 144 Å². The lowest BCUT2D eigenvalue weighted by Gasteiger charge is -2.41. The van der Waals surface area contributed by atoms with E-state index in [2.05, 4.69) is 4.99 Å². The Bertz CT molecular complexity index is 1690. The first kappa shape index (κ1) is 28.7. The van der Waals surface area contributed by atoms with Gasteiger partial charge in [0.1, 0.15) is 17.7 Å². The average molecular weight is 609 g/mol. The second-order valence-corrected chi connectivity index (χ2v) is 13.6. The molecule has 1 fully saturated rings. The number of fused-ring (bicyclic) bond motifs is 1. The number of carbonyl (C=O) groups is 2. The molecule has 2 aliphatic heterocycles. The Morgan fingerprint density at radius 3 is 1.88 bits per heavy atom. The van der Waals surface area contributed by atoms with Gasteiger partial charge in [-0.2, -0.15) is 0 Å². The van der Waals surface area contributed by atoms with Gasteiger partial charge in [0.2, 0.25) is 0 Å². The number of likely N-dealkylation sites (tertiary alicyclic amines) is 1. The van der Waals surface area contributed by atoms with Gasteiger partial charge in [-0.1, -0.05) is 109 Å². The van der Waals surface area contributed by atoms with Gasteiger partial charge in [-0.3, -0.25) is 19.3 Å². The Morgan fingerprint density at radius 2 is 1.33 bits per heavy atom.